The lowest BCUT2D eigenvalue weighted by molar-refractivity contribution is -0.148. The minimum Gasteiger partial charge on any atom is -0.481 e. The van der Waals surface area contributed by atoms with Crippen molar-refractivity contribution < 1.29 is 28.6 Å². The number of likely N-dealkylation sites (tertiary alicyclic amines) is 1. The zero-order chi connectivity index (χ0) is 22.7. The van der Waals surface area contributed by atoms with Crippen molar-refractivity contribution in [2.45, 2.75) is 69.4 Å². The third-order valence-corrected chi connectivity index (χ3v) is 5.11. The molecule has 1 aliphatic heterocycles. The highest BCUT2D eigenvalue weighted by Gasteiger charge is 2.52. The number of nitrogens with zero attached hydrogens (tertiary/aromatic N) is 1. The second-order valence-corrected chi connectivity index (χ2v) is 7.69. The highest BCUT2D eigenvalue weighted by Crippen LogP contribution is 2.34. The van der Waals surface area contributed by atoms with E-state index < -0.39 is 36.4 Å². The molecule has 0 spiro atoms. The van der Waals surface area contributed by atoms with E-state index in [4.69, 9.17) is 5.11 Å². The van der Waals surface area contributed by atoms with E-state index in [9.17, 15) is 23.5 Å². The molecule has 1 fully saturated rings. The summed E-state index contributed by atoms with van der Waals surface area (Å²) < 4.78 is 27.8. The average molecular weight is 433 g/mol. The van der Waals surface area contributed by atoms with Crippen LogP contribution in [0.5, 0.6) is 0 Å². The molecular weight excluding hydrogens is 404 g/mol. The van der Waals surface area contributed by atoms with E-state index >= 15 is 0 Å². The van der Waals surface area contributed by atoms with Gasteiger partial charge in [0.1, 0.15) is 0 Å². The summed E-state index contributed by atoms with van der Waals surface area (Å²) in [4.78, 5) is 23.7. The first-order valence-corrected chi connectivity index (χ1v) is 10.6. The summed E-state index contributed by atoms with van der Waals surface area (Å²) in [6.45, 7) is 0.190. The molecule has 7 heteroatoms. The Morgan fingerprint density at radius 3 is 2.65 bits per heavy atom. The van der Waals surface area contributed by atoms with Crippen molar-refractivity contribution in [3.05, 3.63) is 48.0 Å². The van der Waals surface area contributed by atoms with E-state index in [2.05, 4.69) is 11.8 Å². The second kappa shape index (κ2) is 12.2. The Hall–Kier alpha value is -2.72. The zero-order valence-electron chi connectivity index (χ0n) is 17.5. The van der Waals surface area contributed by atoms with E-state index in [-0.39, 0.29) is 13.0 Å². The van der Waals surface area contributed by atoms with Gasteiger partial charge < -0.3 is 15.1 Å². The van der Waals surface area contributed by atoms with Crippen LogP contribution < -0.4 is 0 Å². The van der Waals surface area contributed by atoms with Crippen molar-refractivity contribution in [1.29, 1.82) is 0 Å². The Balaban J connectivity index is 1.80. The minimum absolute atomic E-state index is 0.0830. The third kappa shape index (κ3) is 8.50. The summed E-state index contributed by atoms with van der Waals surface area (Å²) in [6, 6.07) is 8.71. The molecule has 1 aliphatic rings. The lowest BCUT2D eigenvalue weighted by Crippen LogP contribution is -2.36. The second-order valence-electron chi connectivity index (χ2n) is 7.69. The summed E-state index contributed by atoms with van der Waals surface area (Å²) in [5, 5.41) is 18.7. The van der Waals surface area contributed by atoms with Gasteiger partial charge in [0.15, 0.2) is 0 Å². The van der Waals surface area contributed by atoms with Gasteiger partial charge >= 0.3 is 11.9 Å². The van der Waals surface area contributed by atoms with E-state index in [0.717, 1.165) is 10.5 Å². The quantitative estimate of drug-likeness (QED) is 0.314. The van der Waals surface area contributed by atoms with Crippen molar-refractivity contribution in [3.63, 3.8) is 0 Å². The predicted octanol–water partition coefficient (Wildman–Crippen LogP) is 4.01. The van der Waals surface area contributed by atoms with Crippen LogP contribution in [-0.2, 0) is 9.59 Å². The van der Waals surface area contributed by atoms with E-state index in [1.165, 1.54) is 12.2 Å². The van der Waals surface area contributed by atoms with Crippen LogP contribution in [0.2, 0.25) is 0 Å². The molecule has 0 aromatic heterocycles. The molecule has 2 rings (SSSR count). The lowest BCUT2D eigenvalue weighted by atomic mass is 10.1. The number of aliphatic carboxylic acids is 1. The molecule has 1 amide bonds. The molecule has 5 nitrogen and oxygen atoms in total. The van der Waals surface area contributed by atoms with Gasteiger partial charge in [0.2, 0.25) is 0 Å². The largest absolute Gasteiger partial charge is 0.481 e. The van der Waals surface area contributed by atoms with E-state index in [1.54, 1.807) is 0 Å². The molecule has 0 bridgehead atoms. The standard InChI is InChI=1S/C24H29F2NO4/c25-24(26)18-20(27(23(24)31)17-9-2-1-6-14-22(29)30)15-16-21(28)13-8-7-12-19-10-4-3-5-11-19/h3-5,10-11,15-16,20-21,28H,1-2,6,8-9,13-14,17-18H2,(H,29,30)/b16-15+/t20-,21-/m0/s1. The summed E-state index contributed by atoms with van der Waals surface area (Å²) in [5.74, 6) is 0.531. The molecule has 0 radical (unpaired) electrons. The first kappa shape index (κ1) is 24.5. The monoisotopic (exact) mass is 433 g/mol. The van der Waals surface area contributed by atoms with Crippen LogP contribution in [0.15, 0.2) is 42.5 Å². The highest BCUT2D eigenvalue weighted by atomic mass is 19.3. The molecule has 168 valence electrons. The van der Waals surface area contributed by atoms with Gasteiger partial charge in [0.05, 0.1) is 12.1 Å². The Kier molecular flexibility index (Phi) is 9.67. The normalized spacial score (nSPS) is 18.7. The average Bonchev–Trinajstić information content (AvgIpc) is 2.95. The molecule has 31 heavy (non-hydrogen) atoms. The number of halogens is 2. The molecule has 1 heterocycles. The molecule has 2 atom stereocenters. The molecular formula is C24H29F2NO4. The maximum Gasteiger partial charge on any atom is 0.327 e. The number of unbranched alkanes of at least 4 members (excludes halogenated alkanes) is 3. The number of rotatable bonds is 11. The number of amides is 1. The Morgan fingerprint density at radius 1 is 1.23 bits per heavy atom. The molecule has 0 aliphatic carbocycles. The number of carboxylic acid groups (broad SMARTS) is 1. The smallest absolute Gasteiger partial charge is 0.327 e. The highest BCUT2D eigenvalue weighted by molar-refractivity contribution is 5.86. The Bertz CT molecular complexity index is 814. The number of aliphatic hydroxyl groups is 1. The number of benzene rings is 1. The maximum atomic E-state index is 13.9. The SMILES string of the molecule is O=C(O)CCCCCCN1C(=O)C(F)(F)C[C@@H]1/C=C/[C@@H](O)CCC#Cc1ccccc1. The third-order valence-electron chi connectivity index (χ3n) is 5.11. The van der Waals surface area contributed by atoms with Crippen molar-refractivity contribution in [2.24, 2.45) is 0 Å². The molecule has 2 N–H and O–H groups in total. The van der Waals surface area contributed by atoms with Gasteiger partial charge in [0.25, 0.3) is 5.91 Å². The number of hydrogen-bond donors (Lipinski definition) is 2. The molecule has 1 aromatic carbocycles. The van der Waals surface area contributed by atoms with Gasteiger partial charge in [-0.05, 0) is 31.4 Å². The van der Waals surface area contributed by atoms with E-state index in [1.807, 2.05) is 30.3 Å². The number of carbonyl (C=O) groups excluding carboxylic acids is 1. The summed E-state index contributed by atoms with van der Waals surface area (Å²) >= 11 is 0. The predicted molar refractivity (Wildman–Crippen MR) is 113 cm³/mol. The number of carboxylic acids is 1. The Morgan fingerprint density at radius 2 is 1.94 bits per heavy atom. The molecule has 0 unspecified atom stereocenters. The van der Waals surface area contributed by atoms with Gasteiger partial charge in [0, 0.05) is 31.4 Å². The number of alkyl halides is 2. The van der Waals surface area contributed by atoms with Crippen LogP contribution in [0, 0.1) is 11.8 Å². The van der Waals surface area contributed by atoms with Crippen LogP contribution in [0.3, 0.4) is 0 Å². The number of hydrogen-bond acceptors (Lipinski definition) is 3. The number of carbonyl (C=O) groups is 2. The fourth-order valence-electron chi connectivity index (χ4n) is 3.43. The molecule has 1 saturated heterocycles. The minimum atomic E-state index is -3.40. The van der Waals surface area contributed by atoms with Gasteiger partial charge in [-0.2, -0.15) is 8.78 Å². The summed E-state index contributed by atoms with van der Waals surface area (Å²) in [5.41, 5.74) is 0.887. The fraction of sp³-hybridized carbons (Fsp3) is 0.500. The van der Waals surface area contributed by atoms with Crippen molar-refractivity contribution in [1.82, 2.24) is 4.90 Å². The van der Waals surface area contributed by atoms with E-state index in [0.29, 0.717) is 38.5 Å². The molecule has 1 aromatic rings. The van der Waals surface area contributed by atoms with Crippen molar-refractivity contribution >= 4 is 11.9 Å². The first-order chi connectivity index (χ1) is 14.8. The topological polar surface area (TPSA) is 77.8 Å². The van der Waals surface area contributed by atoms with Gasteiger partial charge in [-0.15, -0.1) is 0 Å². The maximum absolute atomic E-state index is 13.9. The summed E-state index contributed by atoms with van der Waals surface area (Å²) in [7, 11) is 0. The van der Waals surface area contributed by atoms with Gasteiger partial charge in [-0.3, -0.25) is 9.59 Å². The van der Waals surface area contributed by atoms with Crippen molar-refractivity contribution in [2.75, 3.05) is 6.54 Å². The van der Waals surface area contributed by atoms with Crippen LogP contribution in [0.4, 0.5) is 8.78 Å². The van der Waals surface area contributed by atoms with Crippen LogP contribution in [0.25, 0.3) is 0 Å². The van der Waals surface area contributed by atoms with Crippen molar-refractivity contribution in [3.8, 4) is 11.8 Å². The molecule has 0 saturated carbocycles. The summed E-state index contributed by atoms with van der Waals surface area (Å²) in [6.07, 6.45) is 4.84. The van der Waals surface area contributed by atoms with Crippen LogP contribution >= 0.6 is 0 Å². The van der Waals surface area contributed by atoms with Crippen LogP contribution in [0.1, 0.15) is 56.9 Å². The fourth-order valence-corrected chi connectivity index (χ4v) is 3.43. The first-order valence-electron chi connectivity index (χ1n) is 10.6. The van der Waals surface area contributed by atoms with Gasteiger partial charge in [-0.25, -0.2) is 0 Å². The van der Waals surface area contributed by atoms with Gasteiger partial charge in [-0.1, -0.05) is 55.0 Å². The number of aliphatic hydroxyl groups excluding tert-OH is 1. The zero-order valence-corrected chi connectivity index (χ0v) is 17.5. The Labute approximate surface area is 181 Å². The van der Waals surface area contributed by atoms with Crippen LogP contribution in [-0.4, -0.2) is 51.6 Å². The lowest BCUT2D eigenvalue weighted by Gasteiger charge is -2.22.